The molecule has 1 aromatic carbocycles. The van der Waals surface area contributed by atoms with E-state index in [4.69, 9.17) is 0 Å². The van der Waals surface area contributed by atoms with E-state index >= 15 is 0 Å². The number of amides is 2. The Morgan fingerprint density at radius 2 is 2.00 bits per heavy atom. The lowest BCUT2D eigenvalue weighted by atomic mass is 9.97. The Hall–Kier alpha value is -1.88. The fourth-order valence-corrected chi connectivity index (χ4v) is 4.29. The van der Waals surface area contributed by atoms with Crippen molar-refractivity contribution in [3.05, 3.63) is 35.9 Å². The van der Waals surface area contributed by atoms with Gasteiger partial charge in [-0.2, -0.15) is 0 Å². The Kier molecular flexibility index (Phi) is 7.27. The average molecular weight is 372 g/mol. The molecule has 5 nitrogen and oxygen atoms in total. The second-order valence-corrected chi connectivity index (χ2v) is 8.08. The summed E-state index contributed by atoms with van der Waals surface area (Å²) in [5, 5.41) is 0. The lowest BCUT2D eigenvalue weighted by Gasteiger charge is -2.34. The van der Waals surface area contributed by atoms with Crippen molar-refractivity contribution in [2.24, 2.45) is 5.92 Å². The maximum absolute atomic E-state index is 13.0. The smallest absolute Gasteiger partial charge is 0.224 e. The third kappa shape index (κ3) is 6.06. The van der Waals surface area contributed by atoms with Gasteiger partial charge < -0.3 is 14.7 Å². The van der Waals surface area contributed by atoms with Crippen molar-refractivity contribution in [3.63, 3.8) is 0 Å². The van der Waals surface area contributed by atoms with Crippen LogP contribution >= 0.6 is 0 Å². The third-order valence-corrected chi connectivity index (χ3v) is 5.83. The van der Waals surface area contributed by atoms with Gasteiger partial charge in [-0.3, -0.25) is 9.59 Å². The van der Waals surface area contributed by atoms with Crippen LogP contribution in [0.4, 0.5) is 0 Å². The monoisotopic (exact) mass is 371 g/mol. The molecule has 0 unspecified atom stereocenters. The maximum atomic E-state index is 13.0. The van der Waals surface area contributed by atoms with Crippen LogP contribution in [0.2, 0.25) is 0 Å². The first-order valence-corrected chi connectivity index (χ1v) is 10.4. The average Bonchev–Trinajstić information content (AvgIpc) is 3.09. The fourth-order valence-electron chi connectivity index (χ4n) is 4.29. The summed E-state index contributed by atoms with van der Waals surface area (Å²) in [6.07, 6.45) is 5.31. The summed E-state index contributed by atoms with van der Waals surface area (Å²) in [5.74, 6) is 0.947. The molecule has 2 aliphatic heterocycles. The lowest BCUT2D eigenvalue weighted by Crippen LogP contribution is -2.43. The van der Waals surface area contributed by atoms with Crippen molar-refractivity contribution in [1.29, 1.82) is 0 Å². The minimum Gasteiger partial charge on any atom is -0.342 e. The van der Waals surface area contributed by atoms with Crippen LogP contribution in [0.1, 0.15) is 37.7 Å². The van der Waals surface area contributed by atoms with E-state index < -0.39 is 0 Å². The topological polar surface area (TPSA) is 43.9 Å². The molecular formula is C22H33N3O2. The van der Waals surface area contributed by atoms with Gasteiger partial charge in [0.05, 0.1) is 0 Å². The van der Waals surface area contributed by atoms with E-state index in [2.05, 4.69) is 41.1 Å². The third-order valence-electron chi connectivity index (χ3n) is 5.83. The van der Waals surface area contributed by atoms with E-state index in [9.17, 15) is 9.59 Å². The number of nitrogens with zero attached hydrogens (tertiary/aromatic N) is 3. The highest BCUT2D eigenvalue weighted by Gasteiger charge is 2.25. The largest absolute Gasteiger partial charge is 0.342 e. The van der Waals surface area contributed by atoms with Gasteiger partial charge in [-0.15, -0.1) is 0 Å². The van der Waals surface area contributed by atoms with Gasteiger partial charge in [0.1, 0.15) is 0 Å². The number of likely N-dealkylation sites (tertiary alicyclic amines) is 2. The Balaban J connectivity index is 1.56. The van der Waals surface area contributed by atoms with Gasteiger partial charge >= 0.3 is 0 Å². The number of carbonyl (C=O) groups is 2. The van der Waals surface area contributed by atoms with Crippen LogP contribution in [0, 0.1) is 5.92 Å². The molecule has 0 aromatic heterocycles. The molecule has 0 bridgehead atoms. The standard InChI is InChI=1S/C22H33N3O2/c1-23-13-5-9-20(17-23)18-25(15-11-19-7-3-2-4-8-19)22(27)12-16-24-14-6-10-21(24)26/h2-4,7-8,20H,5-6,9-18H2,1H3/t20-/m0/s1. The van der Waals surface area contributed by atoms with E-state index in [1.54, 1.807) is 0 Å². The molecule has 2 amide bonds. The Morgan fingerprint density at radius 1 is 1.19 bits per heavy atom. The van der Waals surface area contributed by atoms with Gasteiger partial charge in [-0.05, 0) is 50.8 Å². The van der Waals surface area contributed by atoms with Crippen LogP contribution in [0.25, 0.3) is 0 Å². The Labute approximate surface area is 163 Å². The van der Waals surface area contributed by atoms with Gasteiger partial charge in [-0.25, -0.2) is 0 Å². The van der Waals surface area contributed by atoms with E-state index in [1.165, 1.54) is 18.4 Å². The molecule has 5 heteroatoms. The van der Waals surface area contributed by atoms with Gasteiger partial charge in [0.15, 0.2) is 0 Å². The van der Waals surface area contributed by atoms with Crippen molar-refractivity contribution in [1.82, 2.24) is 14.7 Å². The minimum atomic E-state index is 0.193. The molecule has 2 fully saturated rings. The molecule has 0 saturated carbocycles. The van der Waals surface area contributed by atoms with Crippen molar-refractivity contribution in [2.45, 2.75) is 38.5 Å². The number of rotatable bonds is 8. The molecule has 0 N–H and O–H groups in total. The minimum absolute atomic E-state index is 0.193. The van der Waals surface area contributed by atoms with Crippen LogP contribution in [0.15, 0.2) is 30.3 Å². The first kappa shape index (κ1) is 19.9. The van der Waals surface area contributed by atoms with Crippen molar-refractivity contribution >= 4 is 11.8 Å². The molecule has 2 saturated heterocycles. The molecule has 1 atom stereocenters. The fraction of sp³-hybridized carbons (Fsp3) is 0.636. The molecule has 1 aromatic rings. The van der Waals surface area contributed by atoms with E-state index in [1.807, 2.05) is 11.0 Å². The highest BCUT2D eigenvalue weighted by molar-refractivity contribution is 5.80. The highest BCUT2D eigenvalue weighted by Crippen LogP contribution is 2.18. The van der Waals surface area contributed by atoms with Crippen LogP contribution < -0.4 is 0 Å². The highest BCUT2D eigenvalue weighted by atomic mass is 16.2. The van der Waals surface area contributed by atoms with Gasteiger partial charge in [0.2, 0.25) is 11.8 Å². The molecule has 2 heterocycles. The van der Waals surface area contributed by atoms with Crippen LogP contribution in [0.5, 0.6) is 0 Å². The number of hydrogen-bond donors (Lipinski definition) is 0. The summed E-state index contributed by atoms with van der Waals surface area (Å²) < 4.78 is 0. The van der Waals surface area contributed by atoms with Gasteiger partial charge in [0, 0.05) is 45.6 Å². The molecule has 148 valence electrons. The van der Waals surface area contributed by atoms with Crippen molar-refractivity contribution < 1.29 is 9.59 Å². The first-order chi connectivity index (χ1) is 13.1. The van der Waals surface area contributed by atoms with E-state index in [0.717, 1.165) is 45.6 Å². The van der Waals surface area contributed by atoms with Crippen molar-refractivity contribution in [2.75, 3.05) is 46.3 Å². The number of hydrogen-bond acceptors (Lipinski definition) is 3. The summed E-state index contributed by atoms with van der Waals surface area (Å²) in [7, 11) is 2.17. The molecule has 2 aliphatic rings. The van der Waals surface area contributed by atoms with Crippen LogP contribution in [0.3, 0.4) is 0 Å². The predicted octanol–water partition coefficient (Wildman–Crippen LogP) is 2.41. The summed E-state index contributed by atoms with van der Waals surface area (Å²) in [6.45, 7) is 5.21. The maximum Gasteiger partial charge on any atom is 0.224 e. The molecule has 3 rings (SSSR count). The number of piperidine rings is 1. The second kappa shape index (κ2) is 9.88. The number of carbonyl (C=O) groups excluding carboxylic acids is 2. The van der Waals surface area contributed by atoms with E-state index in [-0.39, 0.29) is 11.8 Å². The van der Waals surface area contributed by atoms with Crippen LogP contribution in [-0.4, -0.2) is 72.8 Å². The Morgan fingerprint density at radius 3 is 2.70 bits per heavy atom. The quantitative estimate of drug-likeness (QED) is 0.705. The summed E-state index contributed by atoms with van der Waals surface area (Å²) in [4.78, 5) is 31.0. The normalized spacial score (nSPS) is 20.9. The van der Waals surface area contributed by atoms with Gasteiger partial charge in [0.25, 0.3) is 0 Å². The molecular weight excluding hydrogens is 338 g/mol. The first-order valence-electron chi connectivity index (χ1n) is 10.4. The molecule has 27 heavy (non-hydrogen) atoms. The molecule has 0 aliphatic carbocycles. The predicted molar refractivity (Wildman–Crippen MR) is 107 cm³/mol. The zero-order chi connectivity index (χ0) is 19.1. The zero-order valence-electron chi connectivity index (χ0n) is 16.6. The van der Waals surface area contributed by atoms with Crippen LogP contribution in [-0.2, 0) is 16.0 Å². The molecule has 0 spiro atoms. The SMILES string of the molecule is CN1CCC[C@H](CN(CCc2ccccc2)C(=O)CCN2CCCC2=O)C1. The number of benzene rings is 1. The second-order valence-electron chi connectivity index (χ2n) is 8.08. The van der Waals surface area contributed by atoms with Crippen molar-refractivity contribution in [3.8, 4) is 0 Å². The summed E-state index contributed by atoms with van der Waals surface area (Å²) >= 11 is 0. The van der Waals surface area contributed by atoms with E-state index in [0.29, 0.717) is 25.3 Å². The summed E-state index contributed by atoms with van der Waals surface area (Å²) in [5.41, 5.74) is 1.27. The Bertz CT molecular complexity index is 619. The zero-order valence-corrected chi connectivity index (χ0v) is 16.6. The summed E-state index contributed by atoms with van der Waals surface area (Å²) in [6, 6.07) is 10.4. The van der Waals surface area contributed by atoms with Gasteiger partial charge in [-0.1, -0.05) is 30.3 Å². The lowest BCUT2D eigenvalue weighted by molar-refractivity contribution is -0.133. The molecule has 0 radical (unpaired) electrons.